The Labute approximate surface area is 128 Å². The van der Waals surface area contributed by atoms with Crippen LogP contribution in [0.4, 0.5) is 0 Å². The van der Waals surface area contributed by atoms with Crippen LogP contribution in [0.2, 0.25) is 0 Å². The van der Waals surface area contributed by atoms with E-state index >= 15 is 0 Å². The summed E-state index contributed by atoms with van der Waals surface area (Å²) in [5.74, 6) is 5.55. The molecule has 1 aromatic rings. The Kier molecular flexibility index (Phi) is 5.97. The Bertz CT molecular complexity index is 653. The monoisotopic (exact) mass is 308 g/mol. The van der Waals surface area contributed by atoms with Crippen LogP contribution in [-0.4, -0.2) is 21.5 Å². The van der Waals surface area contributed by atoms with Gasteiger partial charge in [0.25, 0.3) is 0 Å². The maximum atomic E-state index is 12.5. The van der Waals surface area contributed by atoms with E-state index in [0.29, 0.717) is 12.1 Å². The fourth-order valence-electron chi connectivity index (χ4n) is 1.62. The third-order valence-corrected chi connectivity index (χ3v) is 4.91. The van der Waals surface area contributed by atoms with Crippen molar-refractivity contribution in [3.8, 4) is 11.8 Å². The smallest absolute Gasteiger partial charge is 0.241 e. The SMILES string of the molecule is CCC(C)(C)CNS(=O)(=O)c1ccc(C)cc1C#CCN. The third kappa shape index (κ3) is 5.16. The summed E-state index contributed by atoms with van der Waals surface area (Å²) in [5.41, 5.74) is 6.74. The van der Waals surface area contributed by atoms with Gasteiger partial charge in [-0.05, 0) is 36.5 Å². The van der Waals surface area contributed by atoms with Gasteiger partial charge in [0.1, 0.15) is 0 Å². The Morgan fingerprint density at radius 2 is 2.00 bits per heavy atom. The van der Waals surface area contributed by atoms with Crippen LogP contribution >= 0.6 is 0 Å². The number of sulfonamides is 1. The van der Waals surface area contributed by atoms with Gasteiger partial charge in [-0.25, -0.2) is 13.1 Å². The molecule has 0 aliphatic rings. The normalized spacial score (nSPS) is 11.9. The van der Waals surface area contributed by atoms with Gasteiger partial charge in [0.05, 0.1) is 11.4 Å². The van der Waals surface area contributed by atoms with E-state index in [1.807, 2.05) is 27.7 Å². The van der Waals surface area contributed by atoms with Crippen LogP contribution in [0.3, 0.4) is 0 Å². The van der Waals surface area contributed by atoms with Gasteiger partial charge >= 0.3 is 0 Å². The fraction of sp³-hybridized carbons (Fsp3) is 0.500. The topological polar surface area (TPSA) is 72.2 Å². The largest absolute Gasteiger partial charge is 0.320 e. The molecule has 0 spiro atoms. The fourth-order valence-corrected chi connectivity index (χ4v) is 3.00. The summed E-state index contributed by atoms with van der Waals surface area (Å²) in [7, 11) is -3.57. The van der Waals surface area contributed by atoms with Crippen molar-refractivity contribution in [2.75, 3.05) is 13.1 Å². The van der Waals surface area contributed by atoms with Crippen molar-refractivity contribution in [2.24, 2.45) is 11.1 Å². The maximum absolute atomic E-state index is 12.5. The van der Waals surface area contributed by atoms with Crippen molar-refractivity contribution < 1.29 is 8.42 Å². The average molecular weight is 308 g/mol. The number of hydrogen-bond donors (Lipinski definition) is 2. The highest BCUT2D eigenvalue weighted by molar-refractivity contribution is 7.89. The highest BCUT2D eigenvalue weighted by Gasteiger charge is 2.22. The summed E-state index contributed by atoms with van der Waals surface area (Å²) in [4.78, 5) is 0.209. The first-order valence-corrected chi connectivity index (χ1v) is 8.49. The molecule has 0 aliphatic carbocycles. The molecule has 0 unspecified atom stereocenters. The van der Waals surface area contributed by atoms with E-state index in [2.05, 4.69) is 16.6 Å². The Hall–Kier alpha value is -1.35. The van der Waals surface area contributed by atoms with Gasteiger partial charge in [0, 0.05) is 12.1 Å². The number of benzene rings is 1. The summed E-state index contributed by atoms with van der Waals surface area (Å²) in [6.07, 6.45) is 0.892. The van der Waals surface area contributed by atoms with Crippen LogP contribution in [-0.2, 0) is 10.0 Å². The third-order valence-electron chi connectivity index (χ3n) is 3.45. The molecule has 0 aromatic heterocycles. The molecule has 1 rings (SSSR count). The summed E-state index contributed by atoms with van der Waals surface area (Å²) >= 11 is 0. The van der Waals surface area contributed by atoms with Crippen LogP contribution in [0.1, 0.15) is 38.3 Å². The lowest BCUT2D eigenvalue weighted by atomic mass is 9.91. The van der Waals surface area contributed by atoms with Gasteiger partial charge in [0.2, 0.25) is 10.0 Å². The molecule has 116 valence electrons. The van der Waals surface area contributed by atoms with Gasteiger partial charge in [-0.2, -0.15) is 0 Å². The van der Waals surface area contributed by atoms with Crippen LogP contribution < -0.4 is 10.5 Å². The van der Waals surface area contributed by atoms with Crippen molar-refractivity contribution in [1.82, 2.24) is 4.72 Å². The second kappa shape index (κ2) is 7.08. The predicted molar refractivity (Wildman–Crippen MR) is 86.4 cm³/mol. The summed E-state index contributed by atoms with van der Waals surface area (Å²) in [5, 5.41) is 0. The molecule has 3 N–H and O–H groups in total. The van der Waals surface area contributed by atoms with E-state index < -0.39 is 10.0 Å². The first kappa shape index (κ1) is 17.7. The zero-order valence-corrected chi connectivity index (χ0v) is 14.0. The van der Waals surface area contributed by atoms with Crippen LogP contribution in [0.5, 0.6) is 0 Å². The Balaban J connectivity index is 3.14. The zero-order valence-electron chi connectivity index (χ0n) is 13.2. The van der Waals surface area contributed by atoms with E-state index in [1.54, 1.807) is 18.2 Å². The summed E-state index contributed by atoms with van der Waals surface area (Å²) in [6, 6.07) is 5.13. The van der Waals surface area contributed by atoms with E-state index in [-0.39, 0.29) is 16.9 Å². The lowest BCUT2D eigenvalue weighted by Crippen LogP contribution is -2.34. The van der Waals surface area contributed by atoms with E-state index in [0.717, 1.165) is 12.0 Å². The van der Waals surface area contributed by atoms with Crippen LogP contribution in [0, 0.1) is 24.2 Å². The first-order chi connectivity index (χ1) is 9.72. The quantitative estimate of drug-likeness (QED) is 0.817. The zero-order chi connectivity index (χ0) is 16.1. The van der Waals surface area contributed by atoms with Gasteiger partial charge in [-0.15, -0.1) is 0 Å². The highest BCUT2D eigenvalue weighted by atomic mass is 32.2. The minimum atomic E-state index is -3.57. The lowest BCUT2D eigenvalue weighted by molar-refractivity contribution is 0.350. The molecular weight excluding hydrogens is 284 g/mol. The minimum absolute atomic E-state index is 0.0825. The number of nitrogens with two attached hydrogens (primary N) is 1. The van der Waals surface area contributed by atoms with Gasteiger partial charge in [0.15, 0.2) is 0 Å². The van der Waals surface area contributed by atoms with Crippen LogP contribution in [0.15, 0.2) is 23.1 Å². The molecule has 1 aromatic carbocycles. The van der Waals surface area contributed by atoms with Crippen molar-refractivity contribution in [2.45, 2.75) is 39.0 Å². The number of hydrogen-bond acceptors (Lipinski definition) is 3. The standard InChI is InChI=1S/C16H24N2O2S/c1-5-16(3,4)12-18-21(19,20)15-9-8-13(2)11-14(15)7-6-10-17/h8-9,11,18H,5,10,12,17H2,1-4H3. The molecule has 0 saturated heterocycles. The van der Waals surface area contributed by atoms with Crippen molar-refractivity contribution in [3.05, 3.63) is 29.3 Å². The number of rotatable bonds is 5. The predicted octanol–water partition coefficient (Wildman–Crippen LogP) is 2.02. The van der Waals surface area contributed by atoms with Gasteiger partial charge in [-0.3, -0.25) is 0 Å². The molecule has 0 bridgehead atoms. The molecular formula is C16H24N2O2S. The van der Waals surface area contributed by atoms with Crippen molar-refractivity contribution >= 4 is 10.0 Å². The summed E-state index contributed by atoms with van der Waals surface area (Å²) in [6.45, 7) is 8.59. The van der Waals surface area contributed by atoms with Crippen molar-refractivity contribution in [3.63, 3.8) is 0 Å². The second-order valence-corrected chi connectivity index (χ2v) is 7.58. The minimum Gasteiger partial charge on any atom is -0.320 e. The molecule has 0 fully saturated rings. The maximum Gasteiger partial charge on any atom is 0.241 e. The molecule has 5 heteroatoms. The van der Waals surface area contributed by atoms with Gasteiger partial charge in [-0.1, -0.05) is 38.7 Å². The van der Waals surface area contributed by atoms with E-state index in [4.69, 9.17) is 5.73 Å². The number of nitrogens with one attached hydrogen (secondary N) is 1. The molecule has 0 aliphatic heterocycles. The van der Waals surface area contributed by atoms with E-state index in [9.17, 15) is 8.42 Å². The lowest BCUT2D eigenvalue weighted by Gasteiger charge is -2.23. The Morgan fingerprint density at radius 3 is 2.57 bits per heavy atom. The molecule has 0 saturated carbocycles. The highest BCUT2D eigenvalue weighted by Crippen LogP contribution is 2.21. The number of aryl methyl sites for hydroxylation is 1. The van der Waals surface area contributed by atoms with Crippen LogP contribution in [0.25, 0.3) is 0 Å². The molecule has 0 atom stereocenters. The second-order valence-electron chi connectivity index (χ2n) is 5.85. The molecule has 21 heavy (non-hydrogen) atoms. The van der Waals surface area contributed by atoms with E-state index in [1.165, 1.54) is 0 Å². The van der Waals surface area contributed by atoms with Gasteiger partial charge < -0.3 is 5.73 Å². The molecule has 4 nitrogen and oxygen atoms in total. The molecule has 0 radical (unpaired) electrons. The first-order valence-electron chi connectivity index (χ1n) is 7.01. The molecule has 0 heterocycles. The summed E-state index contributed by atoms with van der Waals surface area (Å²) < 4.78 is 27.6. The molecule has 0 amide bonds. The Morgan fingerprint density at radius 1 is 1.33 bits per heavy atom. The average Bonchev–Trinajstić information content (AvgIpc) is 2.43. The van der Waals surface area contributed by atoms with Crippen molar-refractivity contribution in [1.29, 1.82) is 0 Å².